The molecule has 2 aromatic heterocycles. The monoisotopic (exact) mass is 466 g/mol. The van der Waals surface area contributed by atoms with Gasteiger partial charge < -0.3 is 19.4 Å². The molecule has 0 unspecified atom stereocenters. The molecule has 1 fully saturated rings. The molecule has 1 saturated heterocycles. The quantitative estimate of drug-likeness (QED) is 0.430. The highest BCUT2D eigenvalue weighted by molar-refractivity contribution is 5.87. The normalized spacial score (nSPS) is 17.6. The van der Waals surface area contributed by atoms with Crippen LogP contribution in [0.3, 0.4) is 0 Å². The molecule has 5 rings (SSSR count). The Morgan fingerprint density at radius 3 is 2.97 bits per heavy atom. The summed E-state index contributed by atoms with van der Waals surface area (Å²) in [6.07, 6.45) is 2.75. The SMILES string of the molecule is C=C1COc2cnc(N3C[C@H](CNCCc4c(F)ccc5ncc(=O)n(C)c45)OC3=O)nc2C1. The van der Waals surface area contributed by atoms with Crippen molar-refractivity contribution < 1.29 is 18.7 Å². The summed E-state index contributed by atoms with van der Waals surface area (Å²) in [6, 6.07) is 2.91. The van der Waals surface area contributed by atoms with Gasteiger partial charge in [0.2, 0.25) is 5.95 Å². The molecule has 0 aliphatic carbocycles. The molecule has 1 amide bonds. The van der Waals surface area contributed by atoms with Gasteiger partial charge in [-0.1, -0.05) is 6.58 Å². The van der Waals surface area contributed by atoms with Gasteiger partial charge in [-0.3, -0.25) is 4.79 Å². The first-order valence-corrected chi connectivity index (χ1v) is 10.9. The van der Waals surface area contributed by atoms with Gasteiger partial charge in [-0.2, -0.15) is 0 Å². The van der Waals surface area contributed by atoms with Crippen LogP contribution in [0.2, 0.25) is 0 Å². The first kappa shape index (κ1) is 22.0. The van der Waals surface area contributed by atoms with Gasteiger partial charge in [-0.05, 0) is 30.7 Å². The number of nitrogens with one attached hydrogen (secondary N) is 1. The number of carbonyl (C=O) groups is 1. The number of benzene rings is 1. The molecular formula is C23H23FN6O4. The fourth-order valence-electron chi connectivity index (χ4n) is 4.15. The van der Waals surface area contributed by atoms with Crippen LogP contribution in [0.25, 0.3) is 11.0 Å². The number of amides is 1. The van der Waals surface area contributed by atoms with Gasteiger partial charge in [0.25, 0.3) is 5.56 Å². The van der Waals surface area contributed by atoms with Gasteiger partial charge in [0, 0.05) is 25.6 Å². The second-order valence-corrected chi connectivity index (χ2v) is 8.32. The molecule has 1 N–H and O–H groups in total. The van der Waals surface area contributed by atoms with E-state index in [0.29, 0.717) is 60.6 Å². The minimum atomic E-state index is -0.525. The number of hydrogen-bond acceptors (Lipinski definition) is 8. The average molecular weight is 466 g/mol. The molecule has 11 heteroatoms. The lowest BCUT2D eigenvalue weighted by Crippen LogP contribution is -2.33. The third-order valence-corrected chi connectivity index (χ3v) is 5.89. The average Bonchev–Trinajstić information content (AvgIpc) is 3.20. The summed E-state index contributed by atoms with van der Waals surface area (Å²) in [5.41, 5.74) is 2.74. The zero-order valence-corrected chi connectivity index (χ0v) is 18.6. The van der Waals surface area contributed by atoms with Crippen molar-refractivity contribution in [3.63, 3.8) is 0 Å². The number of anilines is 1. The van der Waals surface area contributed by atoms with Crippen LogP contribution in [0, 0.1) is 5.82 Å². The Morgan fingerprint density at radius 1 is 1.26 bits per heavy atom. The summed E-state index contributed by atoms with van der Waals surface area (Å²) >= 11 is 0. The van der Waals surface area contributed by atoms with Crippen molar-refractivity contribution in [1.29, 1.82) is 0 Å². The maximum atomic E-state index is 14.5. The van der Waals surface area contributed by atoms with E-state index in [1.807, 2.05) is 0 Å². The van der Waals surface area contributed by atoms with E-state index in [1.165, 1.54) is 21.7 Å². The molecule has 1 atom stereocenters. The van der Waals surface area contributed by atoms with E-state index in [0.717, 1.165) is 5.57 Å². The van der Waals surface area contributed by atoms with E-state index in [2.05, 4.69) is 26.8 Å². The van der Waals surface area contributed by atoms with Crippen molar-refractivity contribution in [2.75, 3.05) is 31.1 Å². The van der Waals surface area contributed by atoms with Gasteiger partial charge in [0.05, 0.1) is 35.7 Å². The lowest BCUT2D eigenvalue weighted by Gasteiger charge is -2.19. The number of cyclic esters (lactones) is 1. The number of halogens is 1. The number of carbonyl (C=O) groups excluding carboxylic acids is 1. The Hall–Kier alpha value is -3.86. The molecule has 1 aromatic carbocycles. The number of aryl methyl sites for hydroxylation is 1. The number of ether oxygens (including phenoxy) is 2. The number of nitrogens with zero attached hydrogens (tertiary/aromatic N) is 5. The van der Waals surface area contributed by atoms with Crippen LogP contribution in [0.4, 0.5) is 15.1 Å². The van der Waals surface area contributed by atoms with Crippen molar-refractivity contribution in [1.82, 2.24) is 24.8 Å². The largest absolute Gasteiger partial charge is 0.486 e. The van der Waals surface area contributed by atoms with E-state index in [-0.39, 0.29) is 18.1 Å². The number of aromatic nitrogens is 4. The highest BCUT2D eigenvalue weighted by Crippen LogP contribution is 2.27. The Kier molecular flexibility index (Phi) is 5.70. The van der Waals surface area contributed by atoms with E-state index in [1.54, 1.807) is 19.3 Å². The highest BCUT2D eigenvalue weighted by Gasteiger charge is 2.34. The van der Waals surface area contributed by atoms with Crippen molar-refractivity contribution >= 4 is 23.1 Å². The summed E-state index contributed by atoms with van der Waals surface area (Å²) in [6.45, 7) is 5.43. The molecular weight excluding hydrogens is 443 g/mol. The molecule has 0 radical (unpaired) electrons. The summed E-state index contributed by atoms with van der Waals surface area (Å²) in [4.78, 5) is 38.5. The van der Waals surface area contributed by atoms with Gasteiger partial charge in [0.15, 0.2) is 5.75 Å². The molecule has 2 aliphatic heterocycles. The Bertz CT molecular complexity index is 1360. The number of fused-ring (bicyclic) bond motifs is 2. The van der Waals surface area contributed by atoms with Crippen LogP contribution < -0.4 is 20.5 Å². The van der Waals surface area contributed by atoms with Gasteiger partial charge in [0.1, 0.15) is 18.5 Å². The first-order chi connectivity index (χ1) is 16.4. The van der Waals surface area contributed by atoms with Crippen molar-refractivity contribution in [3.05, 3.63) is 64.1 Å². The molecule has 10 nitrogen and oxygen atoms in total. The second-order valence-electron chi connectivity index (χ2n) is 8.32. The Morgan fingerprint density at radius 2 is 2.12 bits per heavy atom. The van der Waals surface area contributed by atoms with Crippen LogP contribution >= 0.6 is 0 Å². The molecule has 34 heavy (non-hydrogen) atoms. The predicted molar refractivity (Wildman–Crippen MR) is 122 cm³/mol. The van der Waals surface area contributed by atoms with E-state index >= 15 is 0 Å². The standard InChI is InChI=1S/C23H23FN6O4/c1-13-7-18-19(33-12-13)9-27-22(28-18)30-11-14(34-23(30)32)8-25-6-5-15-16(24)3-4-17-21(15)29(2)20(31)10-26-17/h3-4,9-10,14,25H,1,5-8,11-12H2,2H3/t14-/m0/s1. The van der Waals surface area contributed by atoms with Crippen LogP contribution in [-0.4, -0.2) is 58.0 Å². The van der Waals surface area contributed by atoms with Gasteiger partial charge in [-0.25, -0.2) is 29.0 Å². The van der Waals surface area contributed by atoms with Crippen LogP contribution in [0.1, 0.15) is 11.3 Å². The fraction of sp³-hybridized carbons (Fsp3) is 0.348. The van der Waals surface area contributed by atoms with Crippen molar-refractivity contribution in [2.24, 2.45) is 7.05 Å². The minimum absolute atomic E-state index is 0.260. The first-order valence-electron chi connectivity index (χ1n) is 10.9. The summed E-state index contributed by atoms with van der Waals surface area (Å²) < 4.78 is 26.9. The Labute approximate surface area is 194 Å². The van der Waals surface area contributed by atoms with Crippen molar-refractivity contribution in [3.8, 4) is 5.75 Å². The number of rotatable bonds is 6. The van der Waals surface area contributed by atoms with Crippen LogP contribution in [0.15, 0.2) is 41.5 Å². The Balaban J connectivity index is 1.21. The molecule has 3 aromatic rings. The topological polar surface area (TPSA) is 111 Å². The van der Waals surface area contributed by atoms with Gasteiger partial charge >= 0.3 is 6.09 Å². The zero-order chi connectivity index (χ0) is 23.8. The molecule has 2 aliphatic rings. The summed E-state index contributed by atoms with van der Waals surface area (Å²) in [5, 5.41) is 3.20. The maximum Gasteiger partial charge on any atom is 0.417 e. The second kappa shape index (κ2) is 8.82. The summed E-state index contributed by atoms with van der Waals surface area (Å²) in [5.74, 6) is 0.457. The molecule has 4 heterocycles. The predicted octanol–water partition coefficient (Wildman–Crippen LogP) is 1.51. The third kappa shape index (κ3) is 4.10. The highest BCUT2D eigenvalue weighted by atomic mass is 19.1. The molecule has 0 saturated carbocycles. The molecule has 0 spiro atoms. The van der Waals surface area contributed by atoms with Gasteiger partial charge in [-0.15, -0.1) is 0 Å². The summed E-state index contributed by atoms with van der Waals surface area (Å²) in [7, 11) is 1.60. The molecule has 176 valence electrons. The minimum Gasteiger partial charge on any atom is -0.486 e. The van der Waals surface area contributed by atoms with Crippen LogP contribution in [-0.2, 0) is 24.6 Å². The molecule has 0 bridgehead atoms. The van der Waals surface area contributed by atoms with Crippen LogP contribution in [0.5, 0.6) is 5.75 Å². The number of hydrogen-bond donors (Lipinski definition) is 1. The van der Waals surface area contributed by atoms with Crippen molar-refractivity contribution in [2.45, 2.75) is 18.9 Å². The third-order valence-electron chi connectivity index (χ3n) is 5.89. The van der Waals surface area contributed by atoms with E-state index in [9.17, 15) is 14.0 Å². The zero-order valence-electron chi connectivity index (χ0n) is 18.6. The smallest absolute Gasteiger partial charge is 0.417 e. The van der Waals surface area contributed by atoms with E-state index in [4.69, 9.17) is 9.47 Å². The lowest BCUT2D eigenvalue weighted by atomic mass is 10.1. The maximum absolute atomic E-state index is 14.5. The fourth-order valence-corrected chi connectivity index (χ4v) is 4.15. The lowest BCUT2D eigenvalue weighted by molar-refractivity contribution is 0.140. The van der Waals surface area contributed by atoms with E-state index < -0.39 is 18.0 Å².